The van der Waals surface area contributed by atoms with Crippen LogP contribution >= 0.6 is 11.6 Å². The van der Waals surface area contributed by atoms with E-state index in [0.717, 1.165) is 0 Å². The van der Waals surface area contributed by atoms with Gasteiger partial charge in [-0.15, -0.1) is 0 Å². The number of hydrogen-bond donors (Lipinski definition) is 3. The van der Waals surface area contributed by atoms with Gasteiger partial charge in [0.2, 0.25) is 0 Å². The summed E-state index contributed by atoms with van der Waals surface area (Å²) >= 11 is 5.88. The molecule has 2 aromatic rings. The monoisotopic (exact) mass is 330 g/mol. The van der Waals surface area contributed by atoms with Gasteiger partial charge in [-0.3, -0.25) is 14.6 Å². The first-order chi connectivity index (χ1) is 9.83. The van der Waals surface area contributed by atoms with E-state index in [1.165, 1.54) is 31.4 Å². The molecule has 0 atom stereocenters. The number of aromatic nitrogens is 2. The lowest BCUT2D eigenvalue weighted by atomic mass is 10.3. The number of sulfonamides is 1. The van der Waals surface area contributed by atoms with Crippen molar-refractivity contribution in [1.29, 1.82) is 0 Å². The Kier molecular flexibility index (Phi) is 4.05. The Morgan fingerprint density at radius 2 is 2.14 bits per heavy atom. The van der Waals surface area contributed by atoms with E-state index in [1.54, 1.807) is 0 Å². The minimum atomic E-state index is -3.99. The van der Waals surface area contributed by atoms with Crippen molar-refractivity contribution in [2.75, 3.05) is 11.8 Å². The van der Waals surface area contributed by atoms with Gasteiger partial charge < -0.3 is 10.5 Å². The highest BCUT2D eigenvalue weighted by Crippen LogP contribution is 2.27. The van der Waals surface area contributed by atoms with Crippen LogP contribution in [0.2, 0.25) is 5.02 Å². The van der Waals surface area contributed by atoms with Crippen molar-refractivity contribution >= 4 is 33.3 Å². The summed E-state index contributed by atoms with van der Waals surface area (Å²) in [6.45, 7) is 0. The number of aromatic amines is 1. The van der Waals surface area contributed by atoms with Gasteiger partial charge in [-0.05, 0) is 12.1 Å². The molecule has 0 aliphatic rings. The molecule has 21 heavy (non-hydrogen) atoms. The van der Waals surface area contributed by atoms with Crippen LogP contribution in [0, 0.1) is 0 Å². The van der Waals surface area contributed by atoms with Crippen molar-refractivity contribution in [3.63, 3.8) is 0 Å². The lowest BCUT2D eigenvalue weighted by Gasteiger charge is -2.08. The third kappa shape index (κ3) is 3.26. The SMILES string of the molecule is COc1ccc(Cl)c(S(=O)(=O)Nc2cc(C(N)=O)[nH]n2)c1. The van der Waals surface area contributed by atoms with E-state index >= 15 is 0 Å². The fraction of sp³-hybridized carbons (Fsp3) is 0.0909. The zero-order valence-corrected chi connectivity index (χ0v) is 12.3. The van der Waals surface area contributed by atoms with Gasteiger partial charge in [0, 0.05) is 12.1 Å². The van der Waals surface area contributed by atoms with E-state index in [9.17, 15) is 13.2 Å². The van der Waals surface area contributed by atoms with Crippen LogP contribution in [-0.4, -0.2) is 31.6 Å². The van der Waals surface area contributed by atoms with E-state index < -0.39 is 15.9 Å². The minimum Gasteiger partial charge on any atom is -0.497 e. The van der Waals surface area contributed by atoms with E-state index in [2.05, 4.69) is 14.9 Å². The summed E-state index contributed by atoms with van der Waals surface area (Å²) in [5, 5.41) is 5.96. The summed E-state index contributed by atoms with van der Waals surface area (Å²) in [5.74, 6) is -0.505. The van der Waals surface area contributed by atoms with Gasteiger partial charge in [-0.1, -0.05) is 11.6 Å². The summed E-state index contributed by atoms with van der Waals surface area (Å²) in [5.41, 5.74) is 5.02. The third-order valence-corrected chi connectivity index (χ3v) is 4.35. The maximum Gasteiger partial charge on any atom is 0.266 e. The summed E-state index contributed by atoms with van der Waals surface area (Å²) in [7, 11) is -2.58. The van der Waals surface area contributed by atoms with E-state index in [4.69, 9.17) is 22.1 Å². The Balaban J connectivity index is 2.35. The highest BCUT2D eigenvalue weighted by Gasteiger charge is 2.20. The number of primary amides is 1. The number of halogens is 1. The van der Waals surface area contributed by atoms with Crippen molar-refractivity contribution in [1.82, 2.24) is 10.2 Å². The molecule has 8 nitrogen and oxygen atoms in total. The number of hydrogen-bond acceptors (Lipinski definition) is 5. The fourth-order valence-electron chi connectivity index (χ4n) is 1.51. The second-order valence-corrected chi connectivity index (χ2v) is 5.99. The first kappa shape index (κ1) is 15.1. The Morgan fingerprint density at radius 1 is 1.43 bits per heavy atom. The Morgan fingerprint density at radius 3 is 2.71 bits per heavy atom. The molecule has 0 unspecified atom stereocenters. The van der Waals surface area contributed by atoms with Crippen molar-refractivity contribution < 1.29 is 17.9 Å². The number of methoxy groups -OCH3 is 1. The van der Waals surface area contributed by atoms with Crippen molar-refractivity contribution in [3.05, 3.63) is 35.0 Å². The van der Waals surface area contributed by atoms with Gasteiger partial charge in [0.15, 0.2) is 5.82 Å². The second-order valence-electron chi connectivity index (χ2n) is 3.93. The number of nitrogens with one attached hydrogen (secondary N) is 2. The van der Waals surface area contributed by atoms with Crippen LogP contribution in [0.15, 0.2) is 29.2 Å². The van der Waals surface area contributed by atoms with Crippen LogP contribution in [0.3, 0.4) is 0 Å². The number of carbonyl (C=O) groups is 1. The van der Waals surface area contributed by atoms with Crippen LogP contribution in [0.5, 0.6) is 5.75 Å². The molecule has 10 heteroatoms. The molecule has 0 aliphatic carbocycles. The van der Waals surface area contributed by atoms with Gasteiger partial charge in [0.25, 0.3) is 15.9 Å². The smallest absolute Gasteiger partial charge is 0.266 e. The lowest BCUT2D eigenvalue weighted by molar-refractivity contribution is 0.0995. The molecule has 1 heterocycles. The molecule has 0 radical (unpaired) electrons. The number of anilines is 1. The summed E-state index contributed by atoms with van der Waals surface area (Å²) in [4.78, 5) is 10.7. The third-order valence-electron chi connectivity index (χ3n) is 2.51. The molecule has 4 N–H and O–H groups in total. The number of benzene rings is 1. The first-order valence-electron chi connectivity index (χ1n) is 5.55. The molecule has 0 saturated heterocycles. The molecule has 0 fully saturated rings. The molecule has 1 aromatic carbocycles. The highest BCUT2D eigenvalue weighted by molar-refractivity contribution is 7.92. The standard InChI is InChI=1S/C11H11ClN4O4S/c1-20-6-2-3-7(12)9(4-6)21(18,19)16-10-5-8(11(13)17)14-15-10/h2-5H,1H3,(H2,13,17)(H2,14,15,16). The lowest BCUT2D eigenvalue weighted by Crippen LogP contribution is -2.14. The molecule has 2 rings (SSSR count). The number of ether oxygens (including phenoxy) is 1. The summed E-state index contributed by atoms with van der Waals surface area (Å²) in [6, 6.07) is 5.37. The second kappa shape index (κ2) is 5.62. The number of carbonyl (C=O) groups excluding carboxylic acids is 1. The largest absolute Gasteiger partial charge is 0.497 e. The van der Waals surface area contributed by atoms with Crippen molar-refractivity contribution in [2.45, 2.75) is 4.90 Å². The number of amides is 1. The molecule has 0 spiro atoms. The molecule has 0 bridgehead atoms. The van der Waals surface area contributed by atoms with Gasteiger partial charge in [-0.2, -0.15) is 5.10 Å². The Hall–Kier alpha value is -2.26. The Labute approximate surface area is 125 Å². The van der Waals surface area contributed by atoms with E-state index in [-0.39, 0.29) is 21.4 Å². The summed E-state index contributed by atoms with van der Waals surface area (Å²) in [6.07, 6.45) is 0. The number of nitrogens with zero attached hydrogens (tertiary/aromatic N) is 1. The van der Waals surface area contributed by atoms with Gasteiger partial charge in [0.05, 0.1) is 12.1 Å². The molecule has 112 valence electrons. The number of rotatable bonds is 5. The van der Waals surface area contributed by atoms with Crippen LogP contribution < -0.4 is 15.2 Å². The fourth-order valence-corrected chi connectivity index (χ4v) is 3.02. The maximum absolute atomic E-state index is 12.2. The Bertz CT molecular complexity index is 787. The molecule has 0 aliphatic heterocycles. The molecule has 1 aromatic heterocycles. The average molecular weight is 331 g/mol. The quantitative estimate of drug-likeness (QED) is 0.752. The number of nitrogens with two attached hydrogens (primary N) is 1. The zero-order chi connectivity index (χ0) is 15.6. The predicted octanol–water partition coefficient (Wildman–Crippen LogP) is 0.971. The minimum absolute atomic E-state index is 0.0222. The molecule has 1 amide bonds. The normalized spacial score (nSPS) is 11.1. The van der Waals surface area contributed by atoms with E-state index in [0.29, 0.717) is 5.75 Å². The van der Waals surface area contributed by atoms with Crippen LogP contribution in [0.4, 0.5) is 5.82 Å². The topological polar surface area (TPSA) is 127 Å². The van der Waals surface area contributed by atoms with Gasteiger partial charge in [0.1, 0.15) is 16.3 Å². The van der Waals surface area contributed by atoms with Crippen molar-refractivity contribution in [2.24, 2.45) is 5.73 Å². The van der Waals surface area contributed by atoms with Crippen LogP contribution in [0.1, 0.15) is 10.5 Å². The van der Waals surface area contributed by atoms with E-state index in [1.807, 2.05) is 0 Å². The van der Waals surface area contributed by atoms with Crippen LogP contribution in [0.25, 0.3) is 0 Å². The molecular formula is C11H11ClN4O4S. The van der Waals surface area contributed by atoms with Gasteiger partial charge in [-0.25, -0.2) is 8.42 Å². The van der Waals surface area contributed by atoms with Gasteiger partial charge >= 0.3 is 0 Å². The van der Waals surface area contributed by atoms with Crippen molar-refractivity contribution in [3.8, 4) is 5.75 Å². The first-order valence-corrected chi connectivity index (χ1v) is 7.41. The summed E-state index contributed by atoms with van der Waals surface area (Å²) < 4.78 is 31.6. The average Bonchev–Trinajstić information content (AvgIpc) is 2.87. The highest BCUT2D eigenvalue weighted by atomic mass is 35.5. The molecule has 0 saturated carbocycles. The predicted molar refractivity (Wildman–Crippen MR) is 75.9 cm³/mol. The van der Waals surface area contributed by atoms with Crippen LogP contribution in [-0.2, 0) is 10.0 Å². The molecular weight excluding hydrogens is 320 g/mol. The zero-order valence-electron chi connectivity index (χ0n) is 10.8. The maximum atomic E-state index is 12.2. The number of H-pyrrole nitrogens is 1.